The molecule has 0 saturated heterocycles. The monoisotopic (exact) mass is 318 g/mol. The Morgan fingerprint density at radius 1 is 0.619 bits per heavy atom. The zero-order valence-corrected chi connectivity index (χ0v) is 13.1. The Hall–Kier alpha value is -2.22. The normalized spacial score (nSPS) is 15.7. The quantitative estimate of drug-likeness (QED) is 0.751. The summed E-state index contributed by atoms with van der Waals surface area (Å²) in [6.45, 7) is 0. The molecule has 0 aliphatic carbocycles. The van der Waals surface area contributed by atoms with E-state index in [-0.39, 0.29) is 0 Å². The number of benzene rings is 1. The number of allylic oxidation sites excluding steroid dienone is 6. The maximum absolute atomic E-state index is 3.28. The van der Waals surface area contributed by atoms with E-state index >= 15 is 0 Å². The SMILES string of the molecule is C1=CC(c2ccc(C3=C=S=C=C3)c(C3=C=S=C=C3)c2)=C=S=1. The van der Waals surface area contributed by atoms with Gasteiger partial charge < -0.3 is 0 Å². The highest BCUT2D eigenvalue weighted by molar-refractivity contribution is 7.96. The van der Waals surface area contributed by atoms with Crippen LogP contribution in [0.1, 0.15) is 16.7 Å². The first-order valence-corrected chi connectivity index (χ1v) is 8.64. The fourth-order valence-electron chi connectivity index (χ4n) is 2.18. The second-order valence-electron chi connectivity index (χ2n) is 4.40. The van der Waals surface area contributed by atoms with Crippen LogP contribution in [0.4, 0.5) is 0 Å². The van der Waals surface area contributed by atoms with Gasteiger partial charge in [0.1, 0.15) is 0 Å². The van der Waals surface area contributed by atoms with Gasteiger partial charge in [0.2, 0.25) is 0 Å². The third-order valence-corrected chi connectivity index (χ3v) is 4.85. The van der Waals surface area contributed by atoms with Gasteiger partial charge in [-0.2, -0.15) is 0 Å². The molecule has 3 heterocycles. The molecular weight excluding hydrogens is 312 g/mol. The third-order valence-electron chi connectivity index (χ3n) is 3.18. The van der Waals surface area contributed by atoms with Crippen LogP contribution in [-0.2, 0) is 0 Å². The van der Waals surface area contributed by atoms with Crippen LogP contribution < -0.4 is 0 Å². The van der Waals surface area contributed by atoms with E-state index in [4.69, 9.17) is 0 Å². The van der Waals surface area contributed by atoms with Crippen molar-refractivity contribution >= 4 is 79.7 Å². The second kappa shape index (κ2) is 5.28. The number of hydrogen-bond donors (Lipinski definition) is 0. The summed E-state index contributed by atoms with van der Waals surface area (Å²) in [5.74, 6) is 0. The molecule has 0 N–H and O–H groups in total. The van der Waals surface area contributed by atoms with Crippen molar-refractivity contribution in [2.75, 3.05) is 0 Å². The van der Waals surface area contributed by atoms with E-state index in [0.29, 0.717) is 0 Å². The lowest BCUT2D eigenvalue weighted by atomic mass is 9.92. The molecule has 0 saturated carbocycles. The average molecular weight is 318 g/mol. The fraction of sp³-hybridized carbons (Fsp3) is 0. The lowest BCUT2D eigenvalue weighted by Gasteiger charge is -2.09. The zero-order chi connectivity index (χ0) is 14.1. The molecule has 3 aliphatic rings. The smallest absolute Gasteiger partial charge is 0.0443 e. The Balaban J connectivity index is 1.93. The van der Waals surface area contributed by atoms with Crippen molar-refractivity contribution < 1.29 is 0 Å². The van der Waals surface area contributed by atoms with Crippen LogP contribution >= 0.6 is 32.8 Å². The van der Waals surface area contributed by atoms with E-state index < -0.39 is 0 Å². The van der Waals surface area contributed by atoms with Crippen molar-refractivity contribution in [2.24, 2.45) is 0 Å². The topological polar surface area (TPSA) is 0 Å². The van der Waals surface area contributed by atoms with Crippen molar-refractivity contribution in [3.63, 3.8) is 0 Å². The van der Waals surface area contributed by atoms with Crippen LogP contribution in [0.2, 0.25) is 0 Å². The molecule has 96 valence electrons. The lowest BCUT2D eigenvalue weighted by Crippen LogP contribution is -1.94. The van der Waals surface area contributed by atoms with E-state index in [0.717, 1.165) is 33.4 Å². The van der Waals surface area contributed by atoms with Crippen molar-refractivity contribution in [3.8, 4) is 0 Å². The van der Waals surface area contributed by atoms with Gasteiger partial charge in [0.15, 0.2) is 0 Å². The standard InChI is InChI=1S/C18H6S3/c1-2-17(15-4-7-20-11-15)18(16-5-8-21-12-16)9-13(1)14-3-6-19-10-14/h1-5,9H. The lowest BCUT2D eigenvalue weighted by molar-refractivity contribution is 1.54. The highest BCUT2D eigenvalue weighted by Crippen LogP contribution is 2.29. The van der Waals surface area contributed by atoms with Crippen molar-refractivity contribution in [3.05, 3.63) is 53.1 Å². The van der Waals surface area contributed by atoms with Gasteiger partial charge in [-0.05, 0) is 80.1 Å². The summed E-state index contributed by atoms with van der Waals surface area (Å²) < 4.78 is 0. The zero-order valence-electron chi connectivity index (χ0n) is 10.7. The molecule has 21 heavy (non-hydrogen) atoms. The predicted molar refractivity (Wildman–Crippen MR) is 103 cm³/mol. The summed E-state index contributed by atoms with van der Waals surface area (Å²) >= 11 is 0. The molecule has 3 heteroatoms. The van der Waals surface area contributed by atoms with Crippen LogP contribution in [0.25, 0.3) is 16.7 Å². The van der Waals surface area contributed by atoms with E-state index in [1.165, 1.54) is 32.8 Å². The van der Waals surface area contributed by atoms with Crippen molar-refractivity contribution in [1.29, 1.82) is 0 Å². The molecule has 0 unspecified atom stereocenters. The first kappa shape index (κ1) is 12.5. The van der Waals surface area contributed by atoms with Gasteiger partial charge in [-0.15, -0.1) is 0 Å². The number of hydrogen-bond acceptors (Lipinski definition) is 0. The van der Waals surface area contributed by atoms with Gasteiger partial charge in [-0.1, -0.05) is 12.1 Å². The summed E-state index contributed by atoms with van der Waals surface area (Å²) in [6.07, 6.45) is 5.92. The molecule has 1 aromatic rings. The molecule has 3 aliphatic heterocycles. The van der Waals surface area contributed by atoms with Gasteiger partial charge in [-0.25, -0.2) is 0 Å². The van der Waals surface area contributed by atoms with E-state index in [9.17, 15) is 0 Å². The maximum atomic E-state index is 3.28. The van der Waals surface area contributed by atoms with E-state index in [2.05, 4.69) is 48.3 Å². The third kappa shape index (κ3) is 2.31. The Kier molecular flexibility index (Phi) is 3.15. The molecule has 0 fully saturated rings. The van der Waals surface area contributed by atoms with Gasteiger partial charge in [0.25, 0.3) is 0 Å². The van der Waals surface area contributed by atoms with Crippen molar-refractivity contribution in [2.45, 2.75) is 0 Å². The predicted octanol–water partition coefficient (Wildman–Crippen LogP) is 3.15. The van der Waals surface area contributed by atoms with Crippen LogP contribution in [0.5, 0.6) is 0 Å². The minimum atomic E-state index is 1.07. The molecule has 0 aromatic heterocycles. The first-order valence-electron chi connectivity index (χ1n) is 6.19. The Bertz CT molecular complexity index is 1130. The minimum Gasteiger partial charge on any atom is -0.0530 e. The van der Waals surface area contributed by atoms with Gasteiger partial charge in [0.05, 0.1) is 0 Å². The highest BCUT2D eigenvalue weighted by Gasteiger charge is 2.13. The maximum Gasteiger partial charge on any atom is 0.0443 e. The number of rotatable bonds is 3. The minimum absolute atomic E-state index is 1.07. The molecule has 0 atom stereocenters. The van der Waals surface area contributed by atoms with Crippen LogP contribution in [0.15, 0.2) is 36.4 Å². The summed E-state index contributed by atoms with van der Waals surface area (Å²) in [5, 5.41) is 19.1. The van der Waals surface area contributed by atoms with Crippen molar-refractivity contribution in [1.82, 2.24) is 0 Å². The molecule has 0 radical (unpaired) electrons. The van der Waals surface area contributed by atoms with Gasteiger partial charge in [-0.3, -0.25) is 0 Å². The average Bonchev–Trinajstić information content (AvgIpc) is 3.28. The Morgan fingerprint density at radius 3 is 1.76 bits per heavy atom. The molecule has 0 bridgehead atoms. The summed E-state index contributed by atoms with van der Waals surface area (Å²) in [6, 6.07) is 6.43. The molecule has 0 amide bonds. The summed E-state index contributed by atoms with van der Waals surface area (Å²) in [5.41, 5.74) is 6.65. The molecule has 0 nitrogen and oxygen atoms in total. The fourth-order valence-corrected chi connectivity index (χ4v) is 3.74. The van der Waals surface area contributed by atoms with Gasteiger partial charge in [0, 0.05) is 40.5 Å². The summed E-state index contributed by atoms with van der Waals surface area (Å²) in [7, 11) is 4.40. The van der Waals surface area contributed by atoms with E-state index in [1.807, 2.05) is 18.2 Å². The van der Waals surface area contributed by atoms with Gasteiger partial charge >= 0.3 is 0 Å². The second-order valence-corrected chi connectivity index (χ2v) is 6.33. The highest BCUT2D eigenvalue weighted by atomic mass is 32.1. The molecule has 0 spiro atoms. The van der Waals surface area contributed by atoms with Crippen LogP contribution in [0, 0.1) is 0 Å². The Labute approximate surface area is 132 Å². The Morgan fingerprint density at radius 2 is 1.19 bits per heavy atom. The molecular formula is C18H6S3. The first-order chi connectivity index (χ1) is 10.4. The summed E-state index contributed by atoms with van der Waals surface area (Å²) in [4.78, 5) is 0. The van der Waals surface area contributed by atoms with Crippen LogP contribution in [-0.4, -0.2) is 30.1 Å². The molecule has 1 aromatic carbocycles. The van der Waals surface area contributed by atoms with Crippen LogP contribution in [0.3, 0.4) is 0 Å². The van der Waals surface area contributed by atoms with E-state index in [1.54, 1.807) is 0 Å². The largest absolute Gasteiger partial charge is 0.0530 e. The molecule has 4 rings (SSSR count).